The fraction of sp³-hybridized carbons (Fsp3) is 0.250. The predicted molar refractivity (Wildman–Crippen MR) is 135 cm³/mol. The number of halogens is 2. The minimum Gasteiger partial charge on any atom is -0.493 e. The van der Waals surface area contributed by atoms with E-state index >= 15 is 0 Å². The lowest BCUT2D eigenvalue weighted by Gasteiger charge is -2.39. The summed E-state index contributed by atoms with van der Waals surface area (Å²) in [4.78, 5) is 4.82. The van der Waals surface area contributed by atoms with Crippen LogP contribution in [0.2, 0.25) is 10.0 Å². The molecule has 0 unspecified atom stereocenters. The van der Waals surface area contributed by atoms with Crippen LogP contribution in [0.25, 0.3) is 5.57 Å². The number of allylic oxidation sites excluding steroid dienone is 2. The summed E-state index contributed by atoms with van der Waals surface area (Å²) in [5.74, 6) is 1.17. The maximum absolute atomic E-state index is 6.39. The van der Waals surface area contributed by atoms with Crippen LogP contribution in [0.4, 0.5) is 5.69 Å². The number of fused-ring (bicyclic) bond motifs is 2. The fourth-order valence-corrected chi connectivity index (χ4v) is 5.54. The third-order valence-corrected chi connectivity index (χ3v) is 7.04. The maximum Gasteiger partial charge on any atom is 0.126 e. The molecule has 0 saturated carbocycles. The lowest BCUT2D eigenvalue weighted by atomic mass is 9.62. The Kier molecular flexibility index (Phi) is 5.61. The topological polar surface area (TPSA) is 21.6 Å². The molecule has 162 valence electrons. The van der Waals surface area contributed by atoms with Gasteiger partial charge in [-0.1, -0.05) is 59.1 Å². The molecule has 0 amide bonds. The smallest absolute Gasteiger partial charge is 0.126 e. The highest BCUT2D eigenvalue weighted by Gasteiger charge is 2.45. The van der Waals surface area contributed by atoms with Crippen LogP contribution in [0.5, 0.6) is 5.75 Å². The zero-order valence-electron chi connectivity index (χ0n) is 18.2. The number of benzene rings is 3. The Balaban J connectivity index is 1.71. The van der Waals surface area contributed by atoms with E-state index in [9.17, 15) is 0 Å². The maximum atomic E-state index is 6.39. The first kappa shape index (κ1) is 21.3. The molecule has 1 aliphatic carbocycles. The number of nitrogens with zero attached hydrogens (tertiary/aromatic N) is 1. The zero-order chi connectivity index (χ0) is 22.3. The van der Waals surface area contributed by atoms with E-state index in [1.807, 2.05) is 31.2 Å². The second-order valence-electron chi connectivity index (χ2n) is 8.60. The number of hydrogen-bond acceptors (Lipinski definition) is 2. The van der Waals surface area contributed by atoms with Crippen LogP contribution in [0.1, 0.15) is 47.9 Å². The van der Waals surface area contributed by atoms with Gasteiger partial charge >= 0.3 is 0 Å². The Morgan fingerprint density at radius 1 is 1.03 bits per heavy atom. The van der Waals surface area contributed by atoms with Crippen molar-refractivity contribution in [3.05, 3.63) is 99.0 Å². The first-order valence-electron chi connectivity index (χ1n) is 11.1. The van der Waals surface area contributed by atoms with Crippen LogP contribution < -0.4 is 4.74 Å². The van der Waals surface area contributed by atoms with E-state index in [4.69, 9.17) is 32.9 Å². The third-order valence-electron chi connectivity index (χ3n) is 6.57. The van der Waals surface area contributed by atoms with Gasteiger partial charge in [0, 0.05) is 27.7 Å². The van der Waals surface area contributed by atoms with Crippen LogP contribution in [-0.2, 0) is 5.41 Å². The van der Waals surface area contributed by atoms with E-state index < -0.39 is 0 Å². The Bertz CT molecular complexity index is 1250. The standard InChI is InChI=1S/C28H25Cl2NO/c1-3-32-27-12-7-18(2)13-23(27)20-8-10-24(19-5-4-6-21(29)14-19)28(16-20)17-31-26-15-22(30)9-11-25(26)28/h4-7,9,11-17,24H,3,8,10H2,1-2H3/t24-,28+/m0/s1. The Morgan fingerprint density at radius 2 is 1.88 bits per heavy atom. The molecule has 3 aromatic carbocycles. The SMILES string of the molecule is CCOc1ccc(C)cc1C1=C[C@@]2(C=Nc3cc(Cl)ccc32)[C@H](c2cccc(Cl)c2)CC1. The van der Waals surface area contributed by atoms with Gasteiger partial charge in [-0.3, -0.25) is 4.99 Å². The molecule has 1 heterocycles. The summed E-state index contributed by atoms with van der Waals surface area (Å²) in [6.45, 7) is 4.79. The van der Waals surface area contributed by atoms with Gasteiger partial charge in [0.1, 0.15) is 5.75 Å². The molecule has 0 bridgehead atoms. The number of hydrogen-bond donors (Lipinski definition) is 0. The van der Waals surface area contributed by atoms with Crippen LogP contribution in [0.3, 0.4) is 0 Å². The van der Waals surface area contributed by atoms with Gasteiger partial charge in [-0.25, -0.2) is 0 Å². The average Bonchev–Trinajstić information content (AvgIpc) is 3.12. The van der Waals surface area contributed by atoms with Crippen molar-refractivity contribution in [2.24, 2.45) is 4.99 Å². The molecule has 2 atom stereocenters. The highest BCUT2D eigenvalue weighted by atomic mass is 35.5. The van der Waals surface area contributed by atoms with E-state index in [1.165, 1.54) is 27.8 Å². The van der Waals surface area contributed by atoms with E-state index in [-0.39, 0.29) is 11.3 Å². The molecule has 1 aliphatic heterocycles. The lowest BCUT2D eigenvalue weighted by molar-refractivity contribution is 0.339. The van der Waals surface area contributed by atoms with Gasteiger partial charge in [0.05, 0.1) is 17.7 Å². The van der Waals surface area contributed by atoms with Crippen LogP contribution in [0.15, 0.2) is 71.7 Å². The van der Waals surface area contributed by atoms with E-state index in [2.05, 4.69) is 55.6 Å². The number of ether oxygens (including phenoxy) is 1. The molecule has 2 nitrogen and oxygen atoms in total. The van der Waals surface area contributed by atoms with Crippen molar-refractivity contribution in [2.45, 2.75) is 38.0 Å². The van der Waals surface area contributed by atoms with Gasteiger partial charge in [-0.05, 0) is 79.8 Å². The minimum absolute atomic E-state index is 0.233. The molecule has 0 radical (unpaired) electrons. The Labute approximate surface area is 199 Å². The summed E-state index contributed by atoms with van der Waals surface area (Å²) in [5, 5.41) is 1.46. The summed E-state index contributed by atoms with van der Waals surface area (Å²) in [6, 6.07) is 20.7. The van der Waals surface area contributed by atoms with Crippen molar-refractivity contribution in [1.29, 1.82) is 0 Å². The highest BCUT2D eigenvalue weighted by molar-refractivity contribution is 6.31. The second-order valence-corrected chi connectivity index (χ2v) is 9.47. The molecule has 4 heteroatoms. The zero-order valence-corrected chi connectivity index (χ0v) is 19.8. The lowest BCUT2D eigenvalue weighted by Crippen LogP contribution is -2.34. The van der Waals surface area contributed by atoms with E-state index in [1.54, 1.807) is 0 Å². The minimum atomic E-state index is -0.356. The van der Waals surface area contributed by atoms with Crippen LogP contribution in [0, 0.1) is 6.92 Å². The van der Waals surface area contributed by atoms with Gasteiger partial charge in [0.2, 0.25) is 0 Å². The third kappa shape index (κ3) is 3.66. The molecule has 0 saturated heterocycles. The van der Waals surface area contributed by atoms with Crippen molar-refractivity contribution in [1.82, 2.24) is 0 Å². The fourth-order valence-electron chi connectivity index (χ4n) is 5.17. The Hall–Kier alpha value is -2.55. The van der Waals surface area contributed by atoms with Crippen LogP contribution >= 0.6 is 23.2 Å². The second kappa shape index (κ2) is 8.42. The van der Waals surface area contributed by atoms with E-state index in [0.29, 0.717) is 11.6 Å². The van der Waals surface area contributed by atoms with Crippen molar-refractivity contribution >= 4 is 40.7 Å². The van der Waals surface area contributed by atoms with Gasteiger partial charge in [-0.2, -0.15) is 0 Å². The molecule has 0 fully saturated rings. The first-order valence-corrected chi connectivity index (χ1v) is 11.8. The monoisotopic (exact) mass is 461 g/mol. The van der Waals surface area contributed by atoms with Crippen molar-refractivity contribution in [3.8, 4) is 5.75 Å². The largest absolute Gasteiger partial charge is 0.493 e. The van der Waals surface area contributed by atoms with Crippen molar-refractivity contribution in [3.63, 3.8) is 0 Å². The molecule has 32 heavy (non-hydrogen) atoms. The highest BCUT2D eigenvalue weighted by Crippen LogP contribution is 2.54. The molecule has 1 spiro atoms. The summed E-state index contributed by atoms with van der Waals surface area (Å²) < 4.78 is 6.00. The average molecular weight is 462 g/mol. The van der Waals surface area contributed by atoms with Gasteiger partial charge in [0.15, 0.2) is 0 Å². The number of rotatable bonds is 4. The molecule has 5 rings (SSSR count). The molecular weight excluding hydrogens is 437 g/mol. The van der Waals surface area contributed by atoms with Gasteiger partial charge < -0.3 is 4.74 Å². The number of aliphatic imine (C=N–C) groups is 1. The Morgan fingerprint density at radius 3 is 2.69 bits per heavy atom. The number of aryl methyl sites for hydroxylation is 1. The summed E-state index contributed by atoms with van der Waals surface area (Å²) in [6.07, 6.45) is 6.45. The first-order chi connectivity index (χ1) is 15.5. The normalized spacial score (nSPS) is 21.5. The predicted octanol–water partition coefficient (Wildman–Crippen LogP) is 8.32. The van der Waals surface area contributed by atoms with Gasteiger partial charge in [0.25, 0.3) is 0 Å². The summed E-state index contributed by atoms with van der Waals surface area (Å²) in [5.41, 5.74) is 6.70. The summed E-state index contributed by atoms with van der Waals surface area (Å²) in [7, 11) is 0. The quantitative estimate of drug-likeness (QED) is 0.382. The van der Waals surface area contributed by atoms with E-state index in [0.717, 1.165) is 29.3 Å². The van der Waals surface area contributed by atoms with Gasteiger partial charge in [-0.15, -0.1) is 0 Å². The summed E-state index contributed by atoms with van der Waals surface area (Å²) >= 11 is 12.7. The molecule has 0 N–H and O–H groups in total. The van der Waals surface area contributed by atoms with Crippen LogP contribution in [-0.4, -0.2) is 12.8 Å². The van der Waals surface area contributed by atoms with Crippen molar-refractivity contribution in [2.75, 3.05) is 6.61 Å². The molecule has 3 aromatic rings. The molecular formula is C28H25Cl2NO. The molecule has 2 aliphatic rings. The van der Waals surface area contributed by atoms with Crippen molar-refractivity contribution < 1.29 is 4.74 Å². The molecule has 0 aromatic heterocycles.